The lowest BCUT2D eigenvalue weighted by Gasteiger charge is -2.13. The number of benzene rings is 2. The number of Topliss-reactive ketones (excluding diaryl/α,β-unsaturated/α-hetero) is 1. The number of hydrogen-bond donors (Lipinski definition) is 0. The van der Waals surface area contributed by atoms with E-state index in [1.165, 1.54) is 22.9 Å². The summed E-state index contributed by atoms with van der Waals surface area (Å²) in [6, 6.07) is 13.4. The van der Waals surface area contributed by atoms with Crippen LogP contribution in [0.2, 0.25) is 0 Å². The first-order chi connectivity index (χ1) is 14.7. The van der Waals surface area contributed by atoms with Gasteiger partial charge in [-0.25, -0.2) is 4.98 Å². The summed E-state index contributed by atoms with van der Waals surface area (Å²) in [6.07, 6.45) is 4.04. The summed E-state index contributed by atoms with van der Waals surface area (Å²) in [5.41, 5.74) is 4.00. The molecule has 0 amide bonds. The molecule has 0 spiro atoms. The number of rotatable bonds is 9. The van der Waals surface area contributed by atoms with Crippen LogP contribution in [0.25, 0.3) is 10.9 Å². The Morgan fingerprint density at radius 2 is 2.00 bits per heavy atom. The molecule has 1 aliphatic carbocycles. The van der Waals surface area contributed by atoms with Crippen LogP contribution in [0.5, 0.6) is 0 Å². The third-order valence-electron chi connectivity index (χ3n) is 5.45. The Kier molecular flexibility index (Phi) is 6.65. The highest BCUT2D eigenvalue weighted by molar-refractivity contribution is 7.99. The van der Waals surface area contributed by atoms with Gasteiger partial charge >= 0.3 is 0 Å². The first-order valence-corrected chi connectivity index (χ1v) is 11.5. The van der Waals surface area contributed by atoms with Gasteiger partial charge in [-0.1, -0.05) is 36.0 Å². The molecule has 6 heteroatoms. The lowest BCUT2D eigenvalue weighted by atomic mass is 10.0. The molecule has 5 nitrogen and oxygen atoms in total. The van der Waals surface area contributed by atoms with E-state index in [2.05, 4.69) is 6.07 Å². The van der Waals surface area contributed by atoms with Crippen molar-refractivity contribution in [3.05, 3.63) is 69.5 Å². The summed E-state index contributed by atoms with van der Waals surface area (Å²) in [4.78, 5) is 30.6. The van der Waals surface area contributed by atoms with Gasteiger partial charge in [-0.2, -0.15) is 0 Å². The van der Waals surface area contributed by atoms with Crippen molar-refractivity contribution in [2.75, 3.05) is 19.0 Å². The Labute approximate surface area is 180 Å². The van der Waals surface area contributed by atoms with Crippen molar-refractivity contribution in [1.82, 2.24) is 9.55 Å². The maximum absolute atomic E-state index is 13.0. The molecule has 1 heterocycles. The first kappa shape index (κ1) is 20.8. The molecular weight excluding hydrogens is 396 g/mol. The molecule has 156 valence electrons. The molecule has 0 aliphatic heterocycles. The summed E-state index contributed by atoms with van der Waals surface area (Å²) >= 11 is 1.34. The van der Waals surface area contributed by atoms with Crippen molar-refractivity contribution in [1.29, 1.82) is 0 Å². The van der Waals surface area contributed by atoms with Crippen molar-refractivity contribution in [3.8, 4) is 0 Å². The third-order valence-corrected chi connectivity index (χ3v) is 6.43. The highest BCUT2D eigenvalue weighted by Crippen LogP contribution is 2.24. The van der Waals surface area contributed by atoms with Gasteiger partial charge in [0.25, 0.3) is 5.56 Å². The number of fused-ring (bicyclic) bond motifs is 2. The topological polar surface area (TPSA) is 61.2 Å². The Morgan fingerprint density at radius 3 is 2.87 bits per heavy atom. The fourth-order valence-electron chi connectivity index (χ4n) is 3.88. The number of aromatic nitrogens is 2. The summed E-state index contributed by atoms with van der Waals surface area (Å²) < 4.78 is 7.10. The van der Waals surface area contributed by atoms with Crippen molar-refractivity contribution < 1.29 is 9.53 Å². The average Bonchev–Trinajstić information content (AvgIpc) is 3.24. The second-order valence-corrected chi connectivity index (χ2v) is 8.41. The van der Waals surface area contributed by atoms with Gasteiger partial charge in [-0.3, -0.25) is 14.2 Å². The SMILES string of the molecule is CCOCCCn1c(SCC(=O)c2ccc3c(c2)CCC3)nc2ccccc2c1=O. The van der Waals surface area contributed by atoms with Crippen LogP contribution in [-0.2, 0) is 24.1 Å². The van der Waals surface area contributed by atoms with E-state index in [0.717, 1.165) is 31.2 Å². The van der Waals surface area contributed by atoms with Gasteiger partial charge < -0.3 is 4.74 Å². The molecule has 2 aromatic carbocycles. The standard InChI is InChI=1S/C24H26N2O3S/c1-2-29-14-6-13-26-23(28)20-9-3-4-10-21(20)25-24(26)30-16-22(27)19-12-11-17-7-5-8-18(17)15-19/h3-4,9-12,15H,2,5-8,13-14,16H2,1H3. The number of carbonyl (C=O) groups is 1. The second-order valence-electron chi connectivity index (χ2n) is 7.47. The number of thioether (sulfide) groups is 1. The zero-order valence-corrected chi connectivity index (χ0v) is 18.0. The number of hydrogen-bond acceptors (Lipinski definition) is 5. The van der Waals surface area contributed by atoms with E-state index in [1.807, 2.05) is 37.3 Å². The van der Waals surface area contributed by atoms with Gasteiger partial charge in [-0.15, -0.1) is 0 Å². The van der Waals surface area contributed by atoms with Crippen molar-refractivity contribution in [2.45, 2.75) is 44.3 Å². The van der Waals surface area contributed by atoms with Crippen molar-refractivity contribution >= 4 is 28.4 Å². The van der Waals surface area contributed by atoms with Gasteiger partial charge in [-0.05, 0) is 61.9 Å². The lowest BCUT2D eigenvalue weighted by Crippen LogP contribution is -2.24. The number of aryl methyl sites for hydroxylation is 2. The molecule has 4 rings (SSSR count). The summed E-state index contributed by atoms with van der Waals surface area (Å²) in [7, 11) is 0. The van der Waals surface area contributed by atoms with E-state index >= 15 is 0 Å². The van der Waals surface area contributed by atoms with Crippen LogP contribution >= 0.6 is 11.8 Å². The fourth-order valence-corrected chi connectivity index (χ4v) is 4.80. The summed E-state index contributed by atoms with van der Waals surface area (Å²) in [6.45, 7) is 3.72. The monoisotopic (exact) mass is 422 g/mol. The molecule has 1 aromatic heterocycles. The number of ether oxygens (including phenoxy) is 1. The van der Waals surface area contributed by atoms with Crippen LogP contribution in [0, 0.1) is 0 Å². The Balaban J connectivity index is 1.56. The second kappa shape index (κ2) is 9.58. The first-order valence-electron chi connectivity index (χ1n) is 10.5. The van der Waals surface area contributed by atoms with Crippen molar-refractivity contribution in [2.24, 2.45) is 0 Å². The highest BCUT2D eigenvalue weighted by Gasteiger charge is 2.16. The van der Waals surface area contributed by atoms with Crippen LogP contribution in [0.15, 0.2) is 52.4 Å². The third kappa shape index (κ3) is 4.50. The largest absolute Gasteiger partial charge is 0.382 e. The van der Waals surface area contributed by atoms with Crippen LogP contribution in [0.3, 0.4) is 0 Å². The van der Waals surface area contributed by atoms with Gasteiger partial charge in [0, 0.05) is 25.3 Å². The molecule has 0 atom stereocenters. The zero-order chi connectivity index (χ0) is 20.9. The molecule has 0 saturated heterocycles. The van der Waals surface area contributed by atoms with Gasteiger partial charge in [0.05, 0.1) is 16.7 Å². The van der Waals surface area contributed by atoms with Crippen molar-refractivity contribution in [3.63, 3.8) is 0 Å². The maximum Gasteiger partial charge on any atom is 0.262 e. The van der Waals surface area contributed by atoms with E-state index in [4.69, 9.17) is 9.72 Å². The van der Waals surface area contributed by atoms with Gasteiger partial charge in [0.2, 0.25) is 0 Å². The molecule has 0 fully saturated rings. The van der Waals surface area contributed by atoms with Crippen LogP contribution in [-0.4, -0.2) is 34.3 Å². The zero-order valence-electron chi connectivity index (χ0n) is 17.2. The van der Waals surface area contributed by atoms with E-state index in [1.54, 1.807) is 10.6 Å². The lowest BCUT2D eigenvalue weighted by molar-refractivity contribution is 0.102. The molecular formula is C24H26N2O3S. The number of para-hydroxylation sites is 1. The Morgan fingerprint density at radius 1 is 1.17 bits per heavy atom. The number of ketones is 1. The van der Waals surface area contributed by atoms with Crippen LogP contribution in [0.1, 0.15) is 41.3 Å². The summed E-state index contributed by atoms with van der Waals surface area (Å²) in [5.74, 6) is 0.327. The molecule has 0 unspecified atom stereocenters. The smallest absolute Gasteiger partial charge is 0.262 e. The number of carbonyl (C=O) groups excluding carboxylic acids is 1. The Hall–Kier alpha value is -2.44. The van der Waals surface area contributed by atoms with Gasteiger partial charge in [0.15, 0.2) is 10.9 Å². The molecule has 0 radical (unpaired) electrons. The van der Waals surface area contributed by atoms with E-state index in [9.17, 15) is 9.59 Å². The normalized spacial score (nSPS) is 13.0. The molecule has 0 bridgehead atoms. The average molecular weight is 423 g/mol. The van der Waals surface area contributed by atoms with E-state index < -0.39 is 0 Å². The molecule has 3 aromatic rings. The van der Waals surface area contributed by atoms with E-state index in [0.29, 0.717) is 35.8 Å². The van der Waals surface area contributed by atoms with Crippen LogP contribution in [0.4, 0.5) is 0 Å². The Bertz CT molecular complexity index is 1120. The molecule has 0 saturated carbocycles. The molecule has 30 heavy (non-hydrogen) atoms. The highest BCUT2D eigenvalue weighted by atomic mass is 32.2. The predicted molar refractivity (Wildman–Crippen MR) is 121 cm³/mol. The predicted octanol–water partition coefficient (Wildman–Crippen LogP) is 4.29. The minimum Gasteiger partial charge on any atom is -0.382 e. The number of nitrogens with zero attached hydrogens (tertiary/aromatic N) is 2. The molecule has 1 aliphatic rings. The minimum absolute atomic E-state index is 0.0652. The fraction of sp³-hybridized carbons (Fsp3) is 0.375. The maximum atomic E-state index is 13.0. The minimum atomic E-state index is -0.0652. The van der Waals surface area contributed by atoms with E-state index in [-0.39, 0.29) is 17.1 Å². The summed E-state index contributed by atoms with van der Waals surface area (Å²) in [5, 5.41) is 1.19. The quantitative estimate of drug-likeness (QED) is 0.223. The molecule has 0 N–H and O–H groups in total. The van der Waals surface area contributed by atoms with Gasteiger partial charge in [0.1, 0.15) is 0 Å². The van der Waals surface area contributed by atoms with Crippen LogP contribution < -0.4 is 5.56 Å².